The molecule has 0 bridgehead atoms. The van der Waals surface area contributed by atoms with Gasteiger partial charge in [-0.25, -0.2) is 13.4 Å². The van der Waals surface area contributed by atoms with Crippen LogP contribution < -0.4 is 5.32 Å². The maximum Gasteiger partial charge on any atom is 0.254 e. The summed E-state index contributed by atoms with van der Waals surface area (Å²) in [5, 5.41) is 7.55. The molecule has 0 unspecified atom stereocenters. The highest BCUT2D eigenvalue weighted by atomic mass is 32.2. The zero-order chi connectivity index (χ0) is 17.3. The van der Waals surface area contributed by atoms with E-state index in [1.54, 1.807) is 4.52 Å². The molecular weight excluding hydrogens is 326 g/mol. The monoisotopic (exact) mass is 345 g/mol. The number of anilines is 2. The topological polar surface area (TPSA) is 89.2 Å². The fourth-order valence-corrected chi connectivity index (χ4v) is 2.98. The highest BCUT2D eigenvalue weighted by molar-refractivity contribution is 7.90. The summed E-state index contributed by atoms with van der Waals surface area (Å²) in [6, 6.07) is 7.70. The van der Waals surface area contributed by atoms with E-state index in [1.165, 1.54) is 12.6 Å². The molecule has 3 aromatic rings. The summed E-state index contributed by atoms with van der Waals surface area (Å²) in [7, 11) is -2.95. The molecule has 0 saturated carbocycles. The molecule has 0 aliphatic carbocycles. The second kappa shape index (κ2) is 6.20. The minimum atomic E-state index is -2.95. The Hall–Kier alpha value is -2.48. The number of sulfone groups is 1. The van der Waals surface area contributed by atoms with Gasteiger partial charge < -0.3 is 5.32 Å². The first-order valence-corrected chi connectivity index (χ1v) is 9.60. The standard InChI is InChI=1S/C16H19N5O2S/c1-11-12(2)19-16-17-10-18-21(16)15(11)20-14-6-4-13(5-7-14)8-9-24(3,22)23/h4-7,10,20H,8-9H2,1-3H3. The molecule has 0 atom stereocenters. The van der Waals surface area contributed by atoms with Crippen LogP contribution in [0, 0.1) is 13.8 Å². The lowest BCUT2D eigenvalue weighted by atomic mass is 10.1. The van der Waals surface area contributed by atoms with Gasteiger partial charge in [0.1, 0.15) is 22.0 Å². The highest BCUT2D eigenvalue weighted by Gasteiger charge is 2.11. The molecule has 0 aliphatic heterocycles. The lowest BCUT2D eigenvalue weighted by Gasteiger charge is -2.13. The van der Waals surface area contributed by atoms with Crippen LogP contribution in [0.15, 0.2) is 30.6 Å². The predicted octanol–water partition coefficient (Wildman–Crippen LogP) is 2.07. The number of hydrogen-bond donors (Lipinski definition) is 1. The quantitative estimate of drug-likeness (QED) is 0.761. The lowest BCUT2D eigenvalue weighted by Crippen LogP contribution is -2.07. The second-order valence-electron chi connectivity index (χ2n) is 5.84. The Morgan fingerprint density at radius 1 is 1.17 bits per heavy atom. The number of hydrogen-bond acceptors (Lipinski definition) is 6. The van der Waals surface area contributed by atoms with Crippen molar-refractivity contribution in [3.63, 3.8) is 0 Å². The van der Waals surface area contributed by atoms with Gasteiger partial charge in [0.15, 0.2) is 0 Å². The Balaban J connectivity index is 1.84. The van der Waals surface area contributed by atoms with Crippen LogP contribution in [0.4, 0.5) is 11.5 Å². The number of benzene rings is 1. The third-order valence-corrected chi connectivity index (χ3v) is 4.83. The Bertz CT molecular complexity index is 978. The maximum atomic E-state index is 11.2. The van der Waals surface area contributed by atoms with Crippen LogP contribution >= 0.6 is 0 Å². The van der Waals surface area contributed by atoms with Gasteiger partial charge in [-0.05, 0) is 38.0 Å². The van der Waals surface area contributed by atoms with Gasteiger partial charge >= 0.3 is 0 Å². The van der Waals surface area contributed by atoms with Gasteiger partial charge in [-0.1, -0.05) is 12.1 Å². The Morgan fingerprint density at radius 2 is 1.88 bits per heavy atom. The summed E-state index contributed by atoms with van der Waals surface area (Å²) in [5.74, 6) is 1.52. The minimum Gasteiger partial charge on any atom is -0.340 e. The van der Waals surface area contributed by atoms with Gasteiger partial charge in [0.05, 0.1) is 5.75 Å². The van der Waals surface area contributed by atoms with Crippen molar-refractivity contribution in [2.45, 2.75) is 20.3 Å². The summed E-state index contributed by atoms with van der Waals surface area (Å²) in [4.78, 5) is 8.52. The van der Waals surface area contributed by atoms with Crippen LogP contribution in [-0.4, -0.2) is 40.0 Å². The van der Waals surface area contributed by atoms with Gasteiger partial charge in [-0.3, -0.25) is 0 Å². The van der Waals surface area contributed by atoms with Crippen molar-refractivity contribution in [3.05, 3.63) is 47.4 Å². The van der Waals surface area contributed by atoms with Crippen LogP contribution in [0.3, 0.4) is 0 Å². The zero-order valence-corrected chi connectivity index (χ0v) is 14.6. The molecule has 0 spiro atoms. The van der Waals surface area contributed by atoms with Crippen LogP contribution in [-0.2, 0) is 16.3 Å². The Kier molecular flexibility index (Phi) is 4.23. The van der Waals surface area contributed by atoms with Crippen LogP contribution in [0.1, 0.15) is 16.8 Å². The largest absolute Gasteiger partial charge is 0.340 e. The molecule has 1 N–H and O–H groups in total. The van der Waals surface area contributed by atoms with Crippen molar-refractivity contribution < 1.29 is 8.42 Å². The fourth-order valence-electron chi connectivity index (χ4n) is 2.37. The smallest absolute Gasteiger partial charge is 0.254 e. The summed E-state index contributed by atoms with van der Waals surface area (Å²) in [5.41, 5.74) is 3.76. The first-order chi connectivity index (χ1) is 11.3. The van der Waals surface area contributed by atoms with Crippen molar-refractivity contribution in [3.8, 4) is 0 Å². The SMILES string of the molecule is Cc1nc2ncnn2c(Nc2ccc(CCS(C)(=O)=O)cc2)c1C. The number of aryl methyl sites for hydroxylation is 2. The average molecular weight is 345 g/mol. The maximum absolute atomic E-state index is 11.2. The molecule has 0 radical (unpaired) electrons. The van der Waals surface area contributed by atoms with Crippen molar-refractivity contribution >= 4 is 27.1 Å². The van der Waals surface area contributed by atoms with Crippen LogP contribution in [0.2, 0.25) is 0 Å². The van der Waals surface area contributed by atoms with E-state index in [9.17, 15) is 8.42 Å². The van der Waals surface area contributed by atoms with Gasteiger partial charge in [0.25, 0.3) is 5.78 Å². The molecule has 8 heteroatoms. The molecule has 0 aliphatic rings. The number of nitrogens with one attached hydrogen (secondary N) is 1. The predicted molar refractivity (Wildman–Crippen MR) is 93.4 cm³/mol. The molecule has 1 aromatic carbocycles. The molecule has 24 heavy (non-hydrogen) atoms. The number of nitrogens with zero attached hydrogens (tertiary/aromatic N) is 4. The number of rotatable bonds is 5. The van der Waals surface area contributed by atoms with Gasteiger partial charge in [-0.15, -0.1) is 0 Å². The number of aromatic nitrogens is 4. The molecule has 2 aromatic heterocycles. The lowest BCUT2D eigenvalue weighted by molar-refractivity contribution is 0.601. The molecule has 126 valence electrons. The molecule has 0 amide bonds. The van der Waals surface area contributed by atoms with E-state index in [0.717, 1.165) is 28.3 Å². The molecule has 0 saturated heterocycles. The van der Waals surface area contributed by atoms with Crippen molar-refractivity contribution in [1.82, 2.24) is 19.6 Å². The van der Waals surface area contributed by atoms with E-state index in [4.69, 9.17) is 0 Å². The first kappa shape index (κ1) is 16.4. The van der Waals surface area contributed by atoms with E-state index < -0.39 is 9.84 Å². The Morgan fingerprint density at radius 3 is 2.54 bits per heavy atom. The van der Waals surface area contributed by atoms with Crippen molar-refractivity contribution in [1.29, 1.82) is 0 Å². The summed E-state index contributed by atoms with van der Waals surface area (Å²) in [6.45, 7) is 3.91. The zero-order valence-electron chi connectivity index (χ0n) is 13.8. The number of fused-ring (bicyclic) bond motifs is 1. The van der Waals surface area contributed by atoms with Gasteiger partial charge in [0, 0.05) is 23.2 Å². The molecule has 0 fully saturated rings. The van der Waals surface area contributed by atoms with Gasteiger partial charge in [0.2, 0.25) is 0 Å². The van der Waals surface area contributed by atoms with Crippen molar-refractivity contribution in [2.75, 3.05) is 17.3 Å². The summed E-state index contributed by atoms with van der Waals surface area (Å²) in [6.07, 6.45) is 3.24. The summed E-state index contributed by atoms with van der Waals surface area (Å²) < 4.78 is 24.2. The molecule has 3 rings (SSSR count). The van der Waals surface area contributed by atoms with E-state index in [-0.39, 0.29) is 5.75 Å². The minimum absolute atomic E-state index is 0.155. The van der Waals surface area contributed by atoms with E-state index in [0.29, 0.717) is 12.2 Å². The third-order valence-electron chi connectivity index (χ3n) is 3.89. The third kappa shape index (κ3) is 3.53. The average Bonchev–Trinajstić information content (AvgIpc) is 2.98. The second-order valence-corrected chi connectivity index (χ2v) is 8.10. The van der Waals surface area contributed by atoms with Crippen molar-refractivity contribution in [2.24, 2.45) is 0 Å². The summed E-state index contributed by atoms with van der Waals surface area (Å²) >= 11 is 0. The van der Waals surface area contributed by atoms with Gasteiger partial charge in [-0.2, -0.15) is 14.6 Å². The van der Waals surface area contributed by atoms with Crippen LogP contribution in [0.5, 0.6) is 0 Å². The van der Waals surface area contributed by atoms with E-state index in [2.05, 4.69) is 20.4 Å². The normalized spacial score (nSPS) is 11.8. The molecular formula is C16H19N5O2S. The molecule has 7 nitrogen and oxygen atoms in total. The Labute approximate surface area is 140 Å². The fraction of sp³-hybridized carbons (Fsp3) is 0.312. The van der Waals surface area contributed by atoms with E-state index in [1.807, 2.05) is 38.1 Å². The van der Waals surface area contributed by atoms with E-state index >= 15 is 0 Å². The molecule has 2 heterocycles. The first-order valence-electron chi connectivity index (χ1n) is 7.54. The highest BCUT2D eigenvalue weighted by Crippen LogP contribution is 2.22. The van der Waals surface area contributed by atoms with Crippen LogP contribution in [0.25, 0.3) is 5.78 Å².